The molecule has 0 radical (unpaired) electrons. The molecule has 4 nitrogen and oxygen atoms in total. The first-order valence-corrected chi connectivity index (χ1v) is 8.30. The lowest BCUT2D eigenvalue weighted by Crippen LogP contribution is -2.27. The van der Waals surface area contributed by atoms with Crippen LogP contribution in [0.25, 0.3) is 0 Å². The molecule has 0 aromatic heterocycles. The average Bonchev–Trinajstić information content (AvgIpc) is 2.42. The summed E-state index contributed by atoms with van der Waals surface area (Å²) >= 11 is 3.24. The smallest absolute Gasteiger partial charge is 0.242 e. The van der Waals surface area contributed by atoms with Crippen molar-refractivity contribution in [1.82, 2.24) is 4.72 Å². The van der Waals surface area contributed by atoms with Gasteiger partial charge in [-0.15, -0.1) is 0 Å². The van der Waals surface area contributed by atoms with Gasteiger partial charge in [-0.2, -0.15) is 0 Å². The minimum atomic E-state index is -3.64. The van der Waals surface area contributed by atoms with Crippen molar-refractivity contribution in [3.8, 4) is 0 Å². The largest absolute Gasteiger partial charge is 0.399 e. The summed E-state index contributed by atoms with van der Waals surface area (Å²) in [6.45, 7) is 1.80. The van der Waals surface area contributed by atoms with Crippen molar-refractivity contribution < 1.29 is 8.42 Å². The van der Waals surface area contributed by atoms with Crippen LogP contribution in [0.15, 0.2) is 57.9 Å². The van der Waals surface area contributed by atoms with E-state index in [1.807, 2.05) is 30.3 Å². The van der Waals surface area contributed by atoms with Crippen LogP contribution >= 0.6 is 15.9 Å². The van der Waals surface area contributed by atoms with Crippen molar-refractivity contribution in [2.45, 2.75) is 17.9 Å². The average molecular weight is 355 g/mol. The predicted octanol–water partition coefficient (Wildman–Crippen LogP) is 3.07. The maximum Gasteiger partial charge on any atom is 0.242 e. The summed E-state index contributed by atoms with van der Waals surface area (Å²) in [6, 6.07) is 13.8. The number of rotatable bonds is 4. The number of anilines is 1. The van der Waals surface area contributed by atoms with Gasteiger partial charge in [-0.05, 0) is 46.6 Å². The van der Waals surface area contributed by atoms with Crippen molar-refractivity contribution in [3.63, 3.8) is 0 Å². The fourth-order valence-corrected chi connectivity index (χ4v) is 4.06. The van der Waals surface area contributed by atoms with E-state index in [1.54, 1.807) is 19.1 Å². The van der Waals surface area contributed by atoms with Crippen LogP contribution in [-0.4, -0.2) is 8.42 Å². The van der Waals surface area contributed by atoms with E-state index < -0.39 is 10.0 Å². The molecule has 0 spiro atoms. The third-order valence-corrected chi connectivity index (χ3v) is 5.41. The summed E-state index contributed by atoms with van der Waals surface area (Å²) in [4.78, 5) is 0.139. The quantitative estimate of drug-likeness (QED) is 0.828. The van der Waals surface area contributed by atoms with E-state index in [-0.39, 0.29) is 10.9 Å². The normalized spacial score (nSPS) is 13.1. The third-order valence-electron chi connectivity index (χ3n) is 2.88. The van der Waals surface area contributed by atoms with E-state index in [0.29, 0.717) is 10.2 Å². The molecular weight excluding hydrogens is 340 g/mol. The van der Waals surface area contributed by atoms with Crippen molar-refractivity contribution in [3.05, 3.63) is 58.6 Å². The lowest BCUT2D eigenvalue weighted by molar-refractivity contribution is 0.566. The molecular formula is C14H15BrN2O2S. The first kappa shape index (κ1) is 15.0. The molecule has 0 saturated heterocycles. The Bertz CT molecular complexity index is 702. The maximum atomic E-state index is 12.4. The number of hydrogen-bond acceptors (Lipinski definition) is 3. The molecule has 106 valence electrons. The number of nitrogens with one attached hydrogen (secondary N) is 1. The molecule has 0 fully saturated rings. The zero-order chi connectivity index (χ0) is 14.8. The summed E-state index contributed by atoms with van der Waals surface area (Å²) in [5.41, 5.74) is 6.96. The van der Waals surface area contributed by atoms with Gasteiger partial charge in [-0.25, -0.2) is 13.1 Å². The van der Waals surface area contributed by atoms with Gasteiger partial charge >= 0.3 is 0 Å². The van der Waals surface area contributed by atoms with E-state index in [2.05, 4.69) is 20.7 Å². The van der Waals surface area contributed by atoms with Gasteiger partial charge in [-0.3, -0.25) is 0 Å². The Morgan fingerprint density at radius 2 is 1.80 bits per heavy atom. The molecule has 6 heteroatoms. The predicted molar refractivity (Wildman–Crippen MR) is 83.7 cm³/mol. The zero-order valence-corrected chi connectivity index (χ0v) is 13.3. The van der Waals surface area contributed by atoms with Crippen LogP contribution < -0.4 is 10.5 Å². The molecule has 2 rings (SSSR count). The van der Waals surface area contributed by atoms with E-state index in [4.69, 9.17) is 5.73 Å². The van der Waals surface area contributed by atoms with Gasteiger partial charge < -0.3 is 5.73 Å². The van der Waals surface area contributed by atoms with Gasteiger partial charge in [-0.1, -0.05) is 30.3 Å². The Morgan fingerprint density at radius 3 is 2.45 bits per heavy atom. The molecule has 1 atom stereocenters. The van der Waals surface area contributed by atoms with Gasteiger partial charge in [0.05, 0.1) is 4.90 Å². The molecule has 0 aliphatic carbocycles. The number of benzene rings is 2. The summed E-state index contributed by atoms with van der Waals surface area (Å²) in [5, 5.41) is 0. The fourth-order valence-electron chi connectivity index (χ4n) is 1.83. The van der Waals surface area contributed by atoms with Crippen LogP contribution in [0.4, 0.5) is 5.69 Å². The molecule has 20 heavy (non-hydrogen) atoms. The van der Waals surface area contributed by atoms with Gasteiger partial charge in [0, 0.05) is 16.2 Å². The number of halogens is 1. The Kier molecular flexibility index (Phi) is 4.47. The minimum absolute atomic E-state index is 0.139. The standard InChI is InChI=1S/C14H15BrN2O2S/c1-10(11-5-3-2-4-6-11)17-20(18,19)14-9-12(16)7-8-13(14)15/h2-10,17H,16H2,1H3/t10-/m1/s1. The Balaban J connectivity index is 2.30. The second-order valence-corrected chi connectivity index (χ2v) is 6.98. The fraction of sp³-hybridized carbons (Fsp3) is 0.143. The Labute approximate surface area is 127 Å². The second kappa shape index (κ2) is 5.95. The first-order valence-electron chi connectivity index (χ1n) is 6.02. The zero-order valence-electron chi connectivity index (χ0n) is 10.9. The second-order valence-electron chi connectivity index (χ2n) is 4.44. The van der Waals surface area contributed by atoms with Crippen molar-refractivity contribution in [2.75, 3.05) is 5.73 Å². The van der Waals surface area contributed by atoms with Gasteiger partial charge in [0.25, 0.3) is 0 Å². The van der Waals surface area contributed by atoms with Crippen LogP contribution in [0, 0.1) is 0 Å². The maximum absolute atomic E-state index is 12.4. The van der Waals surface area contributed by atoms with Gasteiger partial charge in [0.15, 0.2) is 0 Å². The monoisotopic (exact) mass is 354 g/mol. The SMILES string of the molecule is C[C@@H](NS(=O)(=O)c1cc(N)ccc1Br)c1ccccc1. The van der Waals surface area contributed by atoms with Gasteiger partial charge in [0.2, 0.25) is 10.0 Å². The molecule has 0 bridgehead atoms. The summed E-state index contributed by atoms with van der Waals surface area (Å²) < 4.78 is 27.9. The van der Waals surface area contributed by atoms with Crippen molar-refractivity contribution in [1.29, 1.82) is 0 Å². The van der Waals surface area contributed by atoms with Gasteiger partial charge in [0.1, 0.15) is 0 Å². The highest BCUT2D eigenvalue weighted by Crippen LogP contribution is 2.25. The molecule has 0 heterocycles. The number of sulfonamides is 1. The highest BCUT2D eigenvalue weighted by molar-refractivity contribution is 9.10. The van der Waals surface area contributed by atoms with Crippen LogP contribution in [-0.2, 0) is 10.0 Å². The van der Waals surface area contributed by atoms with E-state index >= 15 is 0 Å². The van der Waals surface area contributed by atoms with Crippen LogP contribution in [0.2, 0.25) is 0 Å². The van der Waals surface area contributed by atoms with Crippen LogP contribution in [0.5, 0.6) is 0 Å². The number of nitrogens with two attached hydrogens (primary N) is 1. The number of hydrogen-bond donors (Lipinski definition) is 2. The molecule has 3 N–H and O–H groups in total. The lowest BCUT2D eigenvalue weighted by Gasteiger charge is -2.15. The summed E-state index contributed by atoms with van der Waals surface area (Å²) in [6.07, 6.45) is 0. The topological polar surface area (TPSA) is 72.2 Å². The van der Waals surface area contributed by atoms with Crippen LogP contribution in [0.1, 0.15) is 18.5 Å². The van der Waals surface area contributed by atoms with Crippen molar-refractivity contribution in [2.24, 2.45) is 0 Å². The minimum Gasteiger partial charge on any atom is -0.399 e. The molecule has 0 aliphatic rings. The summed E-state index contributed by atoms with van der Waals surface area (Å²) in [5.74, 6) is 0. The van der Waals surface area contributed by atoms with E-state index in [9.17, 15) is 8.42 Å². The highest BCUT2D eigenvalue weighted by atomic mass is 79.9. The molecule has 0 amide bonds. The Hall–Kier alpha value is -1.37. The summed E-state index contributed by atoms with van der Waals surface area (Å²) in [7, 11) is -3.64. The van der Waals surface area contributed by atoms with E-state index in [0.717, 1.165) is 5.56 Å². The lowest BCUT2D eigenvalue weighted by atomic mass is 10.1. The molecule has 0 saturated carbocycles. The molecule has 2 aromatic rings. The van der Waals surface area contributed by atoms with Crippen LogP contribution in [0.3, 0.4) is 0 Å². The molecule has 2 aromatic carbocycles. The van der Waals surface area contributed by atoms with Crippen molar-refractivity contribution >= 4 is 31.6 Å². The molecule has 0 aliphatic heterocycles. The number of nitrogen functional groups attached to an aromatic ring is 1. The first-order chi connectivity index (χ1) is 9.40. The highest BCUT2D eigenvalue weighted by Gasteiger charge is 2.21. The molecule has 0 unspecified atom stereocenters. The third kappa shape index (κ3) is 3.39. The van der Waals surface area contributed by atoms with E-state index in [1.165, 1.54) is 6.07 Å². The Morgan fingerprint density at radius 1 is 1.15 bits per heavy atom.